The number of esters is 2. The van der Waals surface area contributed by atoms with Crippen molar-refractivity contribution in [3.63, 3.8) is 0 Å². The van der Waals surface area contributed by atoms with E-state index in [9.17, 15) is 14.4 Å². The lowest BCUT2D eigenvalue weighted by atomic mass is 9.79. The first-order chi connectivity index (χ1) is 13.5. The van der Waals surface area contributed by atoms with Gasteiger partial charge in [-0.2, -0.15) is 0 Å². The topological polar surface area (TPSA) is 85.4 Å². The van der Waals surface area contributed by atoms with Crippen LogP contribution in [0.15, 0.2) is 0 Å². The van der Waals surface area contributed by atoms with Gasteiger partial charge in [0, 0.05) is 38.4 Å². The van der Waals surface area contributed by atoms with Crippen molar-refractivity contribution in [2.45, 2.75) is 71.9 Å². The summed E-state index contributed by atoms with van der Waals surface area (Å²) in [5.41, 5.74) is -0.793. The van der Waals surface area contributed by atoms with Crippen LogP contribution >= 0.6 is 0 Å². The largest absolute Gasteiger partial charge is 0.465 e. The zero-order chi connectivity index (χ0) is 21.7. The Labute approximate surface area is 173 Å². The average molecular weight is 413 g/mol. The summed E-state index contributed by atoms with van der Waals surface area (Å²) < 4.78 is 16.0. The minimum absolute atomic E-state index is 0.239. The number of rotatable bonds is 5. The monoisotopic (exact) mass is 412 g/mol. The molecule has 0 atom stereocenters. The van der Waals surface area contributed by atoms with Crippen molar-refractivity contribution in [2.24, 2.45) is 5.41 Å². The predicted octanol–water partition coefficient (Wildman–Crippen LogP) is 2.59. The van der Waals surface area contributed by atoms with Gasteiger partial charge in [-0.05, 0) is 59.5 Å². The fraction of sp³-hybridized carbons (Fsp3) is 0.857. The Morgan fingerprint density at radius 1 is 0.897 bits per heavy atom. The van der Waals surface area contributed by atoms with Crippen LogP contribution in [0.5, 0.6) is 0 Å². The Morgan fingerprint density at radius 2 is 1.38 bits per heavy atom. The van der Waals surface area contributed by atoms with Gasteiger partial charge in [0.15, 0.2) is 0 Å². The van der Waals surface area contributed by atoms with Gasteiger partial charge in [-0.3, -0.25) is 9.59 Å². The van der Waals surface area contributed by atoms with Gasteiger partial charge in [0.05, 0.1) is 0 Å². The van der Waals surface area contributed by atoms with E-state index in [1.165, 1.54) is 13.8 Å². The number of nitrogens with zero attached hydrogens (tertiary/aromatic N) is 2. The molecule has 0 bridgehead atoms. The molecule has 0 spiro atoms. The zero-order valence-corrected chi connectivity index (χ0v) is 18.5. The Morgan fingerprint density at radius 3 is 1.79 bits per heavy atom. The van der Waals surface area contributed by atoms with E-state index in [4.69, 9.17) is 14.2 Å². The molecule has 2 aliphatic heterocycles. The zero-order valence-electron chi connectivity index (χ0n) is 18.5. The maximum Gasteiger partial charge on any atom is 0.410 e. The standard InChI is InChI=1S/C21H36N2O6/c1-16(24)27-14-21(15-28-17(2)25)8-12-22(13-9-21)18-6-10-23(11-7-18)19(26)29-20(3,4)5/h18H,6-15H2,1-5H3. The second-order valence-corrected chi connectivity index (χ2v) is 9.30. The number of likely N-dealkylation sites (tertiary alicyclic amines) is 2. The Hall–Kier alpha value is -1.83. The van der Waals surface area contributed by atoms with Crippen LogP contribution in [0.4, 0.5) is 4.79 Å². The minimum atomic E-state index is -0.478. The van der Waals surface area contributed by atoms with Gasteiger partial charge >= 0.3 is 18.0 Å². The molecule has 1 amide bonds. The molecule has 29 heavy (non-hydrogen) atoms. The second kappa shape index (κ2) is 9.78. The summed E-state index contributed by atoms with van der Waals surface area (Å²) >= 11 is 0. The first-order valence-electron chi connectivity index (χ1n) is 10.5. The average Bonchev–Trinajstić information content (AvgIpc) is 2.64. The first-order valence-corrected chi connectivity index (χ1v) is 10.5. The third-order valence-corrected chi connectivity index (χ3v) is 5.65. The molecule has 8 nitrogen and oxygen atoms in total. The number of carbonyl (C=O) groups excluding carboxylic acids is 3. The fourth-order valence-corrected chi connectivity index (χ4v) is 3.94. The molecule has 2 fully saturated rings. The van der Waals surface area contributed by atoms with Crippen LogP contribution < -0.4 is 0 Å². The Bertz CT molecular complexity index is 564. The summed E-state index contributed by atoms with van der Waals surface area (Å²) in [6.07, 6.45) is 3.20. The molecule has 2 heterocycles. The van der Waals surface area contributed by atoms with Crippen LogP contribution in [0, 0.1) is 5.41 Å². The molecule has 0 aromatic heterocycles. The molecule has 0 aromatic carbocycles. The summed E-state index contributed by atoms with van der Waals surface area (Å²) in [7, 11) is 0. The van der Waals surface area contributed by atoms with E-state index in [-0.39, 0.29) is 36.7 Å². The van der Waals surface area contributed by atoms with Crippen LogP contribution in [-0.2, 0) is 23.8 Å². The van der Waals surface area contributed by atoms with Crippen LogP contribution in [0.1, 0.15) is 60.3 Å². The number of hydrogen-bond donors (Lipinski definition) is 0. The van der Waals surface area contributed by atoms with Gasteiger partial charge in [0.2, 0.25) is 0 Å². The van der Waals surface area contributed by atoms with Crippen LogP contribution in [0.2, 0.25) is 0 Å². The van der Waals surface area contributed by atoms with Crippen molar-refractivity contribution >= 4 is 18.0 Å². The quantitative estimate of drug-likeness (QED) is 0.507. The van der Waals surface area contributed by atoms with E-state index in [0.717, 1.165) is 38.8 Å². The number of ether oxygens (including phenoxy) is 3. The molecule has 2 aliphatic rings. The molecule has 8 heteroatoms. The summed E-state index contributed by atoms with van der Waals surface area (Å²) in [5, 5.41) is 0. The SMILES string of the molecule is CC(=O)OCC1(COC(C)=O)CCN(C2CCN(C(=O)OC(C)(C)C)CC2)CC1. The fourth-order valence-electron chi connectivity index (χ4n) is 3.94. The molecule has 0 saturated carbocycles. The summed E-state index contributed by atoms with van der Waals surface area (Å²) in [6, 6.07) is 0.425. The number of hydrogen-bond acceptors (Lipinski definition) is 7. The second-order valence-electron chi connectivity index (χ2n) is 9.30. The van der Waals surface area contributed by atoms with Gasteiger partial charge in [-0.1, -0.05) is 0 Å². The lowest BCUT2D eigenvalue weighted by Crippen LogP contribution is -2.52. The maximum absolute atomic E-state index is 12.2. The number of amides is 1. The van der Waals surface area contributed by atoms with Crippen molar-refractivity contribution in [1.82, 2.24) is 9.80 Å². The van der Waals surface area contributed by atoms with E-state index in [2.05, 4.69) is 4.90 Å². The normalized spacial score (nSPS) is 20.8. The third-order valence-electron chi connectivity index (χ3n) is 5.65. The maximum atomic E-state index is 12.2. The van der Waals surface area contributed by atoms with E-state index in [1.54, 1.807) is 4.90 Å². The van der Waals surface area contributed by atoms with Crippen molar-refractivity contribution in [2.75, 3.05) is 39.4 Å². The summed E-state index contributed by atoms with van der Waals surface area (Å²) in [6.45, 7) is 12.1. The highest BCUT2D eigenvalue weighted by atomic mass is 16.6. The molecule has 0 aliphatic carbocycles. The van der Waals surface area contributed by atoms with Crippen molar-refractivity contribution in [1.29, 1.82) is 0 Å². The molecule has 0 unspecified atom stereocenters. The molecule has 0 aromatic rings. The van der Waals surface area contributed by atoms with Gasteiger partial charge in [-0.15, -0.1) is 0 Å². The Balaban J connectivity index is 1.85. The smallest absolute Gasteiger partial charge is 0.410 e. The lowest BCUT2D eigenvalue weighted by Gasteiger charge is -2.45. The van der Waals surface area contributed by atoms with E-state index in [0.29, 0.717) is 19.1 Å². The molecule has 2 rings (SSSR count). The van der Waals surface area contributed by atoms with Crippen LogP contribution in [0.3, 0.4) is 0 Å². The Kier molecular flexibility index (Phi) is 7.91. The molecular weight excluding hydrogens is 376 g/mol. The highest BCUT2D eigenvalue weighted by Crippen LogP contribution is 2.34. The number of piperidine rings is 2. The van der Waals surface area contributed by atoms with E-state index in [1.807, 2.05) is 20.8 Å². The lowest BCUT2D eigenvalue weighted by molar-refractivity contribution is -0.154. The van der Waals surface area contributed by atoms with E-state index < -0.39 is 5.60 Å². The van der Waals surface area contributed by atoms with Crippen molar-refractivity contribution in [3.8, 4) is 0 Å². The van der Waals surface area contributed by atoms with Gasteiger partial charge in [0.25, 0.3) is 0 Å². The summed E-state index contributed by atoms with van der Waals surface area (Å²) in [5.74, 6) is -0.631. The molecule has 0 radical (unpaired) electrons. The minimum Gasteiger partial charge on any atom is -0.465 e. The first kappa shape index (κ1) is 23.4. The molecule has 166 valence electrons. The van der Waals surface area contributed by atoms with Crippen LogP contribution in [0.25, 0.3) is 0 Å². The summed E-state index contributed by atoms with van der Waals surface area (Å²) in [4.78, 5) is 39.0. The molecular formula is C21H36N2O6. The van der Waals surface area contributed by atoms with Gasteiger partial charge < -0.3 is 24.0 Å². The van der Waals surface area contributed by atoms with Gasteiger partial charge in [0.1, 0.15) is 18.8 Å². The highest BCUT2D eigenvalue weighted by Gasteiger charge is 2.39. The number of carbonyl (C=O) groups is 3. The molecule has 2 saturated heterocycles. The van der Waals surface area contributed by atoms with Gasteiger partial charge in [-0.25, -0.2) is 4.79 Å². The van der Waals surface area contributed by atoms with E-state index >= 15 is 0 Å². The predicted molar refractivity (Wildman–Crippen MR) is 107 cm³/mol. The van der Waals surface area contributed by atoms with Crippen molar-refractivity contribution < 1.29 is 28.6 Å². The molecule has 0 N–H and O–H groups in total. The van der Waals surface area contributed by atoms with Crippen molar-refractivity contribution in [3.05, 3.63) is 0 Å². The third kappa shape index (κ3) is 7.49. The van der Waals surface area contributed by atoms with Crippen LogP contribution in [-0.4, -0.2) is 78.9 Å². The highest BCUT2D eigenvalue weighted by molar-refractivity contribution is 5.68.